The summed E-state index contributed by atoms with van der Waals surface area (Å²) in [6.45, 7) is 4.29. The number of piperazine rings is 1. The highest BCUT2D eigenvalue weighted by molar-refractivity contribution is 5.82. The molecular weight excluding hydrogens is 426 g/mol. The molecule has 3 fully saturated rings. The van der Waals surface area contributed by atoms with Crippen molar-refractivity contribution in [1.29, 1.82) is 0 Å². The molecule has 3 aliphatic rings. The van der Waals surface area contributed by atoms with Gasteiger partial charge in [0, 0.05) is 52.6 Å². The first kappa shape index (κ1) is 23.7. The van der Waals surface area contributed by atoms with Crippen molar-refractivity contribution in [1.82, 2.24) is 25.3 Å². The first-order valence-corrected chi connectivity index (χ1v) is 12.3. The molecule has 1 aromatic heterocycles. The SMILES string of the molecule is CC(=O)NC1(c2noc(CCC(=O)N3CCN(C(=O)C4CCCO4)CC3)n2)CCCCCC1. The molecule has 2 aliphatic heterocycles. The predicted molar refractivity (Wildman–Crippen MR) is 118 cm³/mol. The number of aryl methyl sites for hydroxylation is 1. The van der Waals surface area contributed by atoms with Crippen LogP contribution in [0.1, 0.15) is 76.4 Å². The zero-order chi connectivity index (χ0) is 23.3. The summed E-state index contributed by atoms with van der Waals surface area (Å²) in [5, 5.41) is 7.26. The number of hydrogen-bond donors (Lipinski definition) is 1. The number of nitrogens with one attached hydrogen (secondary N) is 1. The van der Waals surface area contributed by atoms with E-state index in [1.165, 1.54) is 6.92 Å². The lowest BCUT2D eigenvalue weighted by Gasteiger charge is -2.35. The second-order valence-corrected chi connectivity index (χ2v) is 9.40. The zero-order valence-corrected chi connectivity index (χ0v) is 19.5. The molecule has 33 heavy (non-hydrogen) atoms. The maximum Gasteiger partial charge on any atom is 0.251 e. The maximum atomic E-state index is 12.7. The standard InChI is InChI=1S/C23H35N5O5/c1-17(29)25-23(10-4-2-3-5-11-23)22-24-19(33-26-22)8-9-20(30)27-12-14-28(15-13-27)21(31)18-7-6-16-32-18/h18H,2-16H2,1H3,(H,25,29). The highest BCUT2D eigenvalue weighted by atomic mass is 16.5. The molecule has 3 amide bonds. The van der Waals surface area contributed by atoms with Crippen LogP contribution >= 0.6 is 0 Å². The van der Waals surface area contributed by atoms with E-state index in [2.05, 4.69) is 15.5 Å². The molecule has 1 atom stereocenters. The Hall–Kier alpha value is -2.49. The number of amides is 3. The van der Waals surface area contributed by atoms with Crippen molar-refractivity contribution in [3.63, 3.8) is 0 Å². The largest absolute Gasteiger partial charge is 0.368 e. The Morgan fingerprint density at radius 3 is 2.36 bits per heavy atom. The lowest BCUT2D eigenvalue weighted by atomic mass is 9.89. The molecule has 0 bridgehead atoms. The van der Waals surface area contributed by atoms with E-state index >= 15 is 0 Å². The van der Waals surface area contributed by atoms with Gasteiger partial charge in [-0.05, 0) is 25.7 Å². The van der Waals surface area contributed by atoms with Gasteiger partial charge in [0.1, 0.15) is 11.6 Å². The summed E-state index contributed by atoms with van der Waals surface area (Å²) >= 11 is 0. The molecule has 0 aromatic carbocycles. The quantitative estimate of drug-likeness (QED) is 0.639. The summed E-state index contributed by atoms with van der Waals surface area (Å²) in [6.07, 6.45) is 7.89. The first-order valence-electron chi connectivity index (χ1n) is 12.3. The summed E-state index contributed by atoms with van der Waals surface area (Å²) in [6, 6.07) is 0. The van der Waals surface area contributed by atoms with Crippen LogP contribution in [0.15, 0.2) is 4.52 Å². The molecule has 3 heterocycles. The highest BCUT2D eigenvalue weighted by Crippen LogP contribution is 2.34. The van der Waals surface area contributed by atoms with Gasteiger partial charge in [0.2, 0.25) is 17.7 Å². The van der Waals surface area contributed by atoms with Crippen LogP contribution in [0.2, 0.25) is 0 Å². The Morgan fingerprint density at radius 1 is 1.03 bits per heavy atom. The number of nitrogens with zero attached hydrogens (tertiary/aromatic N) is 4. The van der Waals surface area contributed by atoms with E-state index in [0.717, 1.165) is 51.4 Å². The van der Waals surface area contributed by atoms with Crippen LogP contribution in [0, 0.1) is 0 Å². The zero-order valence-electron chi connectivity index (χ0n) is 19.5. The second-order valence-electron chi connectivity index (χ2n) is 9.40. The summed E-state index contributed by atoms with van der Waals surface area (Å²) in [5.74, 6) is 0.896. The van der Waals surface area contributed by atoms with E-state index < -0.39 is 5.54 Å². The Kier molecular flexibility index (Phi) is 7.62. The van der Waals surface area contributed by atoms with Gasteiger partial charge in [-0.15, -0.1) is 0 Å². The predicted octanol–water partition coefficient (Wildman–Crippen LogP) is 1.54. The Labute approximate surface area is 194 Å². The average Bonchev–Trinajstić information content (AvgIpc) is 3.47. The average molecular weight is 462 g/mol. The van der Waals surface area contributed by atoms with Crippen molar-refractivity contribution in [2.45, 2.75) is 82.8 Å². The minimum atomic E-state index is -0.583. The van der Waals surface area contributed by atoms with E-state index in [1.54, 1.807) is 9.80 Å². The fourth-order valence-corrected chi connectivity index (χ4v) is 5.15. The molecule has 4 rings (SSSR count). The van der Waals surface area contributed by atoms with Gasteiger partial charge >= 0.3 is 0 Å². The van der Waals surface area contributed by atoms with Gasteiger partial charge in [-0.25, -0.2) is 0 Å². The van der Waals surface area contributed by atoms with Crippen LogP contribution < -0.4 is 5.32 Å². The molecule has 1 unspecified atom stereocenters. The summed E-state index contributed by atoms with van der Waals surface area (Å²) < 4.78 is 11.0. The Balaban J connectivity index is 1.28. The van der Waals surface area contributed by atoms with Crippen LogP contribution in [0.25, 0.3) is 0 Å². The molecular formula is C23H35N5O5. The van der Waals surface area contributed by atoms with Gasteiger partial charge < -0.3 is 24.4 Å². The first-order chi connectivity index (χ1) is 16.0. The van der Waals surface area contributed by atoms with E-state index in [-0.39, 0.29) is 30.2 Å². The van der Waals surface area contributed by atoms with Gasteiger partial charge in [0.15, 0.2) is 5.82 Å². The molecule has 0 spiro atoms. The van der Waals surface area contributed by atoms with Crippen LogP contribution in [-0.2, 0) is 31.1 Å². The van der Waals surface area contributed by atoms with Crippen molar-refractivity contribution >= 4 is 17.7 Å². The van der Waals surface area contributed by atoms with Gasteiger partial charge in [-0.3, -0.25) is 14.4 Å². The lowest BCUT2D eigenvalue weighted by Crippen LogP contribution is -2.52. The third kappa shape index (κ3) is 5.72. The molecule has 1 aliphatic carbocycles. The molecule has 1 saturated carbocycles. The van der Waals surface area contributed by atoms with Crippen molar-refractivity contribution < 1.29 is 23.6 Å². The fraction of sp³-hybridized carbons (Fsp3) is 0.783. The van der Waals surface area contributed by atoms with Gasteiger partial charge in [0.05, 0.1) is 0 Å². The smallest absolute Gasteiger partial charge is 0.251 e. The molecule has 10 heteroatoms. The summed E-state index contributed by atoms with van der Waals surface area (Å²) in [7, 11) is 0. The third-order valence-corrected chi connectivity index (χ3v) is 6.97. The fourth-order valence-electron chi connectivity index (χ4n) is 5.15. The molecule has 1 aromatic rings. The minimum absolute atomic E-state index is 0.0185. The number of carbonyl (C=O) groups excluding carboxylic acids is 3. The number of hydrogen-bond acceptors (Lipinski definition) is 7. The topological polar surface area (TPSA) is 118 Å². The third-order valence-electron chi connectivity index (χ3n) is 6.97. The van der Waals surface area contributed by atoms with E-state index in [4.69, 9.17) is 9.26 Å². The van der Waals surface area contributed by atoms with Crippen molar-refractivity contribution in [3.8, 4) is 0 Å². The lowest BCUT2D eigenvalue weighted by molar-refractivity contribution is -0.146. The van der Waals surface area contributed by atoms with Gasteiger partial charge in [0.25, 0.3) is 5.91 Å². The number of rotatable bonds is 6. The van der Waals surface area contributed by atoms with Crippen molar-refractivity contribution in [3.05, 3.63) is 11.7 Å². The highest BCUT2D eigenvalue weighted by Gasteiger charge is 2.38. The van der Waals surface area contributed by atoms with E-state index in [9.17, 15) is 14.4 Å². The summed E-state index contributed by atoms with van der Waals surface area (Å²) in [5.41, 5.74) is -0.583. The second kappa shape index (κ2) is 10.6. The number of aromatic nitrogens is 2. The van der Waals surface area contributed by atoms with Crippen molar-refractivity contribution in [2.24, 2.45) is 0 Å². The van der Waals surface area contributed by atoms with E-state index in [1.807, 2.05) is 0 Å². The maximum absolute atomic E-state index is 12.7. The van der Waals surface area contributed by atoms with Gasteiger partial charge in [-0.1, -0.05) is 30.8 Å². The normalized spacial score (nSPS) is 23.2. The van der Waals surface area contributed by atoms with Crippen molar-refractivity contribution in [2.75, 3.05) is 32.8 Å². The Morgan fingerprint density at radius 2 is 1.73 bits per heavy atom. The molecule has 10 nitrogen and oxygen atoms in total. The molecule has 2 saturated heterocycles. The van der Waals surface area contributed by atoms with E-state index in [0.29, 0.717) is 50.9 Å². The molecule has 182 valence electrons. The number of ether oxygens (including phenoxy) is 1. The Bertz CT molecular complexity index is 834. The minimum Gasteiger partial charge on any atom is -0.368 e. The van der Waals surface area contributed by atoms with Gasteiger partial charge in [-0.2, -0.15) is 4.98 Å². The van der Waals surface area contributed by atoms with Crippen LogP contribution in [-0.4, -0.2) is 76.6 Å². The van der Waals surface area contributed by atoms with Crippen LogP contribution in [0.4, 0.5) is 0 Å². The monoisotopic (exact) mass is 461 g/mol. The van der Waals surface area contributed by atoms with Crippen LogP contribution in [0.3, 0.4) is 0 Å². The summed E-state index contributed by atoms with van der Waals surface area (Å²) in [4.78, 5) is 45.2. The molecule has 0 radical (unpaired) electrons. The van der Waals surface area contributed by atoms with Crippen LogP contribution in [0.5, 0.6) is 0 Å². The number of carbonyl (C=O) groups is 3. The molecule has 1 N–H and O–H groups in total.